The maximum atomic E-state index is 3.27. The van der Waals surface area contributed by atoms with E-state index in [2.05, 4.69) is 70.5 Å². The first kappa shape index (κ1) is 13.9. The Balaban J connectivity index is 1.77. The SMILES string of the molecule is CNCc1cc2ccccc2n1CCCc1ccccc1. The van der Waals surface area contributed by atoms with E-state index < -0.39 is 0 Å². The average molecular weight is 278 g/mol. The van der Waals surface area contributed by atoms with Gasteiger partial charge >= 0.3 is 0 Å². The minimum atomic E-state index is 0.917. The fourth-order valence-electron chi connectivity index (χ4n) is 2.95. The number of hydrogen-bond donors (Lipinski definition) is 1. The van der Waals surface area contributed by atoms with Crippen molar-refractivity contribution >= 4 is 10.9 Å². The van der Waals surface area contributed by atoms with Crippen LogP contribution in [0.3, 0.4) is 0 Å². The van der Waals surface area contributed by atoms with Crippen LogP contribution >= 0.6 is 0 Å². The lowest BCUT2D eigenvalue weighted by molar-refractivity contribution is 0.619. The molecule has 0 aliphatic heterocycles. The van der Waals surface area contributed by atoms with Gasteiger partial charge in [0, 0.05) is 24.3 Å². The molecule has 3 rings (SSSR count). The van der Waals surface area contributed by atoms with E-state index in [-0.39, 0.29) is 0 Å². The van der Waals surface area contributed by atoms with Gasteiger partial charge < -0.3 is 9.88 Å². The van der Waals surface area contributed by atoms with Crippen molar-refractivity contribution in [3.63, 3.8) is 0 Å². The van der Waals surface area contributed by atoms with Gasteiger partial charge in [-0.2, -0.15) is 0 Å². The summed E-state index contributed by atoms with van der Waals surface area (Å²) in [5.41, 5.74) is 4.13. The molecule has 0 saturated carbocycles. The number of nitrogens with one attached hydrogen (secondary N) is 1. The van der Waals surface area contributed by atoms with Gasteiger partial charge in [0.1, 0.15) is 0 Å². The second-order valence-electron chi connectivity index (χ2n) is 5.47. The zero-order valence-corrected chi connectivity index (χ0v) is 12.5. The molecule has 0 bridgehead atoms. The fraction of sp³-hybridized carbons (Fsp3) is 0.263. The molecule has 21 heavy (non-hydrogen) atoms. The van der Waals surface area contributed by atoms with E-state index in [1.807, 2.05) is 7.05 Å². The summed E-state index contributed by atoms with van der Waals surface area (Å²) in [5, 5.41) is 4.61. The molecule has 0 aliphatic rings. The molecule has 1 heterocycles. The van der Waals surface area contributed by atoms with E-state index in [4.69, 9.17) is 0 Å². The van der Waals surface area contributed by atoms with Gasteiger partial charge in [-0.3, -0.25) is 0 Å². The van der Waals surface area contributed by atoms with E-state index >= 15 is 0 Å². The van der Waals surface area contributed by atoms with Crippen molar-refractivity contribution in [3.05, 3.63) is 71.9 Å². The molecule has 3 aromatic rings. The molecule has 1 aromatic heterocycles. The summed E-state index contributed by atoms with van der Waals surface area (Å²) >= 11 is 0. The van der Waals surface area contributed by atoms with Gasteiger partial charge in [-0.25, -0.2) is 0 Å². The van der Waals surface area contributed by atoms with Crippen LogP contribution in [0.4, 0.5) is 0 Å². The first-order valence-corrected chi connectivity index (χ1v) is 7.64. The number of aromatic nitrogens is 1. The minimum Gasteiger partial charge on any atom is -0.343 e. The van der Waals surface area contributed by atoms with Crippen molar-refractivity contribution in [2.24, 2.45) is 0 Å². The number of para-hydroxylation sites is 1. The highest BCUT2D eigenvalue weighted by molar-refractivity contribution is 5.81. The number of benzene rings is 2. The van der Waals surface area contributed by atoms with Crippen molar-refractivity contribution in [2.75, 3.05) is 7.05 Å². The molecule has 2 aromatic carbocycles. The van der Waals surface area contributed by atoms with Crippen LogP contribution in [0, 0.1) is 0 Å². The fourth-order valence-corrected chi connectivity index (χ4v) is 2.95. The van der Waals surface area contributed by atoms with E-state index in [1.165, 1.54) is 28.6 Å². The van der Waals surface area contributed by atoms with E-state index in [1.54, 1.807) is 0 Å². The van der Waals surface area contributed by atoms with Crippen molar-refractivity contribution in [2.45, 2.75) is 25.9 Å². The minimum absolute atomic E-state index is 0.917. The first-order chi connectivity index (χ1) is 10.4. The van der Waals surface area contributed by atoms with Crippen LogP contribution < -0.4 is 5.32 Å². The zero-order chi connectivity index (χ0) is 14.5. The predicted molar refractivity (Wildman–Crippen MR) is 89.5 cm³/mol. The lowest BCUT2D eigenvalue weighted by Crippen LogP contribution is -2.11. The Morgan fingerprint density at radius 3 is 2.52 bits per heavy atom. The Morgan fingerprint density at radius 1 is 0.952 bits per heavy atom. The summed E-state index contributed by atoms with van der Waals surface area (Å²) in [6.45, 7) is 1.99. The van der Waals surface area contributed by atoms with Crippen LogP contribution in [0.2, 0.25) is 0 Å². The van der Waals surface area contributed by atoms with Crippen molar-refractivity contribution in [1.82, 2.24) is 9.88 Å². The molecule has 0 aliphatic carbocycles. The maximum Gasteiger partial charge on any atom is 0.0482 e. The van der Waals surface area contributed by atoms with E-state index in [0.29, 0.717) is 0 Å². The molecule has 0 atom stereocenters. The van der Waals surface area contributed by atoms with Crippen LogP contribution in [0.1, 0.15) is 17.7 Å². The molecule has 0 unspecified atom stereocenters. The van der Waals surface area contributed by atoms with Crippen LogP contribution in [-0.2, 0) is 19.5 Å². The van der Waals surface area contributed by atoms with Crippen LogP contribution in [0.15, 0.2) is 60.7 Å². The second-order valence-corrected chi connectivity index (χ2v) is 5.47. The predicted octanol–water partition coefficient (Wildman–Crippen LogP) is 3.99. The van der Waals surface area contributed by atoms with E-state index in [0.717, 1.165) is 19.5 Å². The van der Waals surface area contributed by atoms with Gasteiger partial charge in [0.05, 0.1) is 0 Å². The van der Waals surface area contributed by atoms with Gasteiger partial charge in [0.2, 0.25) is 0 Å². The van der Waals surface area contributed by atoms with Crippen molar-refractivity contribution in [3.8, 4) is 0 Å². The Morgan fingerprint density at radius 2 is 1.71 bits per heavy atom. The highest BCUT2D eigenvalue weighted by Gasteiger charge is 2.07. The highest BCUT2D eigenvalue weighted by atomic mass is 15.0. The van der Waals surface area contributed by atoms with Crippen LogP contribution in [0.5, 0.6) is 0 Å². The van der Waals surface area contributed by atoms with Crippen LogP contribution in [0.25, 0.3) is 10.9 Å². The molecule has 0 radical (unpaired) electrons. The Labute approximate surface area is 126 Å². The Bertz CT molecular complexity index is 698. The normalized spacial score (nSPS) is 11.1. The standard InChI is InChI=1S/C19H22N2/c1-20-15-18-14-17-11-5-6-12-19(17)21(18)13-7-10-16-8-3-2-4-9-16/h2-6,8-9,11-12,14,20H,7,10,13,15H2,1H3. The molecule has 2 nitrogen and oxygen atoms in total. The van der Waals surface area contributed by atoms with Crippen LogP contribution in [-0.4, -0.2) is 11.6 Å². The molecule has 0 saturated heterocycles. The summed E-state index contributed by atoms with van der Waals surface area (Å²) in [7, 11) is 2.01. The summed E-state index contributed by atoms with van der Waals surface area (Å²) in [6, 6.07) is 21.7. The van der Waals surface area contributed by atoms with Gasteiger partial charge in [-0.1, -0.05) is 48.5 Å². The molecular formula is C19H22N2. The number of rotatable bonds is 6. The van der Waals surface area contributed by atoms with Gasteiger partial charge in [0.15, 0.2) is 0 Å². The van der Waals surface area contributed by atoms with Gasteiger partial charge in [-0.05, 0) is 43.0 Å². The largest absolute Gasteiger partial charge is 0.343 e. The lowest BCUT2D eigenvalue weighted by atomic mass is 10.1. The van der Waals surface area contributed by atoms with Crippen molar-refractivity contribution in [1.29, 1.82) is 0 Å². The van der Waals surface area contributed by atoms with Gasteiger partial charge in [0.25, 0.3) is 0 Å². The maximum absolute atomic E-state index is 3.27. The zero-order valence-electron chi connectivity index (χ0n) is 12.5. The Hall–Kier alpha value is -2.06. The summed E-state index contributed by atoms with van der Waals surface area (Å²) in [4.78, 5) is 0. The van der Waals surface area contributed by atoms with Crippen molar-refractivity contribution < 1.29 is 0 Å². The Kier molecular flexibility index (Phi) is 4.37. The highest BCUT2D eigenvalue weighted by Crippen LogP contribution is 2.20. The number of aryl methyl sites for hydroxylation is 2. The summed E-state index contributed by atoms with van der Waals surface area (Å²) < 4.78 is 2.45. The molecule has 0 amide bonds. The smallest absolute Gasteiger partial charge is 0.0482 e. The third-order valence-corrected chi connectivity index (χ3v) is 3.94. The quantitative estimate of drug-likeness (QED) is 0.721. The number of hydrogen-bond acceptors (Lipinski definition) is 1. The third kappa shape index (κ3) is 3.17. The molecule has 0 spiro atoms. The summed E-state index contributed by atoms with van der Waals surface area (Å²) in [6.07, 6.45) is 2.30. The molecule has 2 heteroatoms. The molecule has 108 valence electrons. The molecular weight excluding hydrogens is 256 g/mol. The molecule has 0 fully saturated rings. The average Bonchev–Trinajstić information content (AvgIpc) is 2.87. The number of fused-ring (bicyclic) bond motifs is 1. The lowest BCUT2D eigenvalue weighted by Gasteiger charge is -2.10. The summed E-state index contributed by atoms with van der Waals surface area (Å²) in [5.74, 6) is 0. The topological polar surface area (TPSA) is 17.0 Å². The monoisotopic (exact) mass is 278 g/mol. The second kappa shape index (κ2) is 6.59. The van der Waals surface area contributed by atoms with E-state index in [9.17, 15) is 0 Å². The molecule has 1 N–H and O–H groups in total. The number of nitrogens with zero attached hydrogens (tertiary/aromatic N) is 1. The first-order valence-electron chi connectivity index (χ1n) is 7.64. The van der Waals surface area contributed by atoms with Gasteiger partial charge in [-0.15, -0.1) is 0 Å². The third-order valence-electron chi connectivity index (χ3n) is 3.94.